The summed E-state index contributed by atoms with van der Waals surface area (Å²) < 4.78 is 0. The summed E-state index contributed by atoms with van der Waals surface area (Å²) in [6.45, 7) is 9.17. The van der Waals surface area contributed by atoms with Gasteiger partial charge in [-0.3, -0.25) is 14.5 Å². The van der Waals surface area contributed by atoms with Gasteiger partial charge in [0.1, 0.15) is 0 Å². The Morgan fingerprint density at radius 3 is 2.65 bits per heavy atom. The van der Waals surface area contributed by atoms with E-state index in [-0.39, 0.29) is 29.7 Å². The van der Waals surface area contributed by atoms with Crippen molar-refractivity contribution >= 4 is 11.8 Å². The zero-order valence-corrected chi connectivity index (χ0v) is 14.3. The largest absolute Gasteiger partial charge is 0.353 e. The number of amides is 2. The van der Waals surface area contributed by atoms with E-state index in [1.54, 1.807) is 0 Å². The van der Waals surface area contributed by atoms with E-state index < -0.39 is 0 Å². The Balaban J connectivity index is 1.91. The van der Waals surface area contributed by atoms with Gasteiger partial charge in [0.05, 0.1) is 12.5 Å². The van der Waals surface area contributed by atoms with Gasteiger partial charge in [0.15, 0.2) is 0 Å². The Bertz CT molecular complexity index is 537. The van der Waals surface area contributed by atoms with Crippen molar-refractivity contribution in [2.75, 3.05) is 19.6 Å². The predicted octanol–water partition coefficient (Wildman–Crippen LogP) is 1.54. The van der Waals surface area contributed by atoms with Crippen LogP contribution in [0.1, 0.15) is 32.8 Å². The van der Waals surface area contributed by atoms with Gasteiger partial charge in [0.2, 0.25) is 11.8 Å². The lowest BCUT2D eigenvalue weighted by Crippen LogP contribution is -2.58. The first-order valence-electron chi connectivity index (χ1n) is 8.17. The number of benzene rings is 1. The second kappa shape index (κ2) is 7.59. The van der Waals surface area contributed by atoms with Crippen molar-refractivity contribution < 1.29 is 9.59 Å². The van der Waals surface area contributed by atoms with Crippen molar-refractivity contribution in [3.8, 4) is 0 Å². The van der Waals surface area contributed by atoms with Crippen molar-refractivity contribution in [1.82, 2.24) is 15.5 Å². The van der Waals surface area contributed by atoms with Gasteiger partial charge in [0, 0.05) is 26.2 Å². The molecule has 23 heavy (non-hydrogen) atoms. The molecule has 1 aromatic carbocycles. The lowest BCUT2D eigenvalue weighted by Gasteiger charge is -2.38. The maximum Gasteiger partial charge on any atom is 0.237 e. The van der Waals surface area contributed by atoms with Gasteiger partial charge in [-0.2, -0.15) is 0 Å². The number of carbonyl (C=O) groups is 2. The molecule has 126 valence electrons. The number of hydrogen-bond acceptors (Lipinski definition) is 3. The van der Waals surface area contributed by atoms with Crippen LogP contribution in [0.15, 0.2) is 30.3 Å². The number of hydrogen-bond donors (Lipinski definition) is 2. The second-order valence-corrected chi connectivity index (χ2v) is 7.30. The monoisotopic (exact) mass is 317 g/mol. The molecule has 5 nitrogen and oxygen atoms in total. The molecule has 0 saturated carbocycles. The fraction of sp³-hybridized carbons (Fsp3) is 0.556. The number of rotatable bonds is 5. The summed E-state index contributed by atoms with van der Waals surface area (Å²) in [6.07, 6.45) is 0.203. The summed E-state index contributed by atoms with van der Waals surface area (Å²) in [4.78, 5) is 26.5. The van der Waals surface area contributed by atoms with Gasteiger partial charge < -0.3 is 10.6 Å². The van der Waals surface area contributed by atoms with Crippen LogP contribution in [-0.4, -0.2) is 42.4 Å². The number of nitrogens with zero attached hydrogens (tertiary/aromatic N) is 1. The van der Waals surface area contributed by atoms with E-state index in [2.05, 4.69) is 36.3 Å². The first kappa shape index (κ1) is 17.5. The van der Waals surface area contributed by atoms with Gasteiger partial charge >= 0.3 is 0 Å². The van der Waals surface area contributed by atoms with Crippen LogP contribution in [0.25, 0.3) is 0 Å². The minimum absolute atomic E-state index is 0.0460. The number of carbonyl (C=O) groups excluding carboxylic acids is 2. The first-order valence-corrected chi connectivity index (χ1v) is 8.17. The molecule has 2 rings (SSSR count). The second-order valence-electron chi connectivity index (χ2n) is 7.30. The van der Waals surface area contributed by atoms with E-state index in [9.17, 15) is 9.59 Å². The summed E-state index contributed by atoms with van der Waals surface area (Å²) in [7, 11) is 0. The smallest absolute Gasteiger partial charge is 0.237 e. The summed E-state index contributed by atoms with van der Waals surface area (Å²) in [6, 6.07) is 9.40. The van der Waals surface area contributed by atoms with Crippen LogP contribution in [0, 0.1) is 5.41 Å². The summed E-state index contributed by atoms with van der Waals surface area (Å²) in [5.41, 5.74) is 1.15. The minimum Gasteiger partial charge on any atom is -0.353 e. The molecule has 1 aliphatic heterocycles. The molecule has 5 heteroatoms. The molecule has 1 aliphatic rings. The van der Waals surface area contributed by atoms with Crippen molar-refractivity contribution in [3.63, 3.8) is 0 Å². The number of piperazine rings is 1. The molecule has 1 aromatic rings. The van der Waals surface area contributed by atoms with E-state index in [1.807, 2.05) is 30.3 Å². The highest BCUT2D eigenvalue weighted by atomic mass is 16.2. The van der Waals surface area contributed by atoms with Crippen LogP contribution in [0.3, 0.4) is 0 Å². The highest BCUT2D eigenvalue weighted by molar-refractivity contribution is 5.88. The summed E-state index contributed by atoms with van der Waals surface area (Å²) in [5.74, 6) is -0.134. The third-order valence-electron chi connectivity index (χ3n) is 3.83. The first-order chi connectivity index (χ1) is 10.8. The molecule has 2 amide bonds. The third kappa shape index (κ3) is 5.67. The average molecular weight is 317 g/mol. The Kier molecular flexibility index (Phi) is 5.77. The van der Waals surface area contributed by atoms with Gasteiger partial charge in [-0.05, 0) is 11.0 Å². The summed E-state index contributed by atoms with van der Waals surface area (Å²) >= 11 is 0. The normalized spacial score (nSPS) is 19.3. The standard InChI is InChI=1S/C18H27N3O2/c1-18(2,3)13-21-10-9-19-17(23)15(21)11-16(22)20-12-14-7-5-4-6-8-14/h4-8,15H,9-13H2,1-3H3,(H,19,23)(H,20,22)/t15-/m1/s1. The Morgan fingerprint density at radius 2 is 2.00 bits per heavy atom. The lowest BCUT2D eigenvalue weighted by atomic mass is 9.94. The Morgan fingerprint density at radius 1 is 1.30 bits per heavy atom. The van der Waals surface area contributed by atoms with Gasteiger partial charge in [-0.15, -0.1) is 0 Å². The average Bonchev–Trinajstić information content (AvgIpc) is 2.48. The topological polar surface area (TPSA) is 61.4 Å². The third-order valence-corrected chi connectivity index (χ3v) is 3.83. The van der Waals surface area contributed by atoms with Crippen LogP contribution < -0.4 is 10.6 Å². The molecule has 0 spiro atoms. The SMILES string of the molecule is CC(C)(C)CN1CCNC(=O)[C@H]1CC(=O)NCc1ccccc1. The Hall–Kier alpha value is -1.88. The molecule has 0 radical (unpaired) electrons. The molecule has 0 bridgehead atoms. The molecule has 0 aliphatic carbocycles. The van der Waals surface area contributed by atoms with Crippen molar-refractivity contribution in [3.05, 3.63) is 35.9 Å². The van der Waals surface area contributed by atoms with E-state index >= 15 is 0 Å². The maximum absolute atomic E-state index is 12.2. The molecule has 1 fully saturated rings. The van der Waals surface area contributed by atoms with E-state index in [1.165, 1.54) is 0 Å². The number of nitrogens with one attached hydrogen (secondary N) is 2. The van der Waals surface area contributed by atoms with E-state index in [4.69, 9.17) is 0 Å². The predicted molar refractivity (Wildman–Crippen MR) is 90.7 cm³/mol. The molecule has 0 unspecified atom stereocenters. The molecular weight excluding hydrogens is 290 g/mol. The zero-order chi connectivity index (χ0) is 16.9. The maximum atomic E-state index is 12.2. The van der Waals surface area contributed by atoms with Crippen LogP contribution in [0.4, 0.5) is 0 Å². The minimum atomic E-state index is -0.376. The van der Waals surface area contributed by atoms with Gasteiger partial charge in [0.25, 0.3) is 0 Å². The van der Waals surface area contributed by atoms with Crippen LogP contribution in [0.2, 0.25) is 0 Å². The summed E-state index contributed by atoms with van der Waals surface area (Å²) in [5, 5.41) is 5.77. The Labute approximate surface area is 138 Å². The van der Waals surface area contributed by atoms with Crippen molar-refractivity contribution in [2.24, 2.45) is 5.41 Å². The van der Waals surface area contributed by atoms with Crippen LogP contribution >= 0.6 is 0 Å². The van der Waals surface area contributed by atoms with Crippen LogP contribution in [0.5, 0.6) is 0 Å². The fourth-order valence-corrected chi connectivity index (χ4v) is 2.83. The van der Waals surface area contributed by atoms with E-state index in [0.717, 1.165) is 18.7 Å². The fourth-order valence-electron chi connectivity index (χ4n) is 2.83. The highest BCUT2D eigenvalue weighted by Gasteiger charge is 2.33. The van der Waals surface area contributed by atoms with Gasteiger partial charge in [-0.25, -0.2) is 0 Å². The molecular formula is C18H27N3O2. The van der Waals surface area contributed by atoms with Gasteiger partial charge in [-0.1, -0.05) is 51.1 Å². The molecule has 1 heterocycles. The van der Waals surface area contributed by atoms with Crippen molar-refractivity contribution in [1.29, 1.82) is 0 Å². The van der Waals surface area contributed by atoms with Crippen molar-refractivity contribution in [2.45, 2.75) is 39.8 Å². The zero-order valence-electron chi connectivity index (χ0n) is 14.3. The van der Waals surface area contributed by atoms with Crippen LogP contribution in [-0.2, 0) is 16.1 Å². The molecule has 1 saturated heterocycles. The molecule has 2 N–H and O–H groups in total. The quantitative estimate of drug-likeness (QED) is 0.866. The lowest BCUT2D eigenvalue weighted by molar-refractivity contribution is -0.134. The highest BCUT2D eigenvalue weighted by Crippen LogP contribution is 2.19. The van der Waals surface area contributed by atoms with E-state index in [0.29, 0.717) is 13.1 Å². The molecule has 0 aromatic heterocycles. The molecule has 1 atom stereocenters.